The van der Waals surface area contributed by atoms with E-state index in [0.29, 0.717) is 5.91 Å². The Morgan fingerprint density at radius 1 is 0.757 bits per heavy atom. The van der Waals surface area contributed by atoms with Gasteiger partial charge in [-0.25, -0.2) is 4.68 Å². The van der Waals surface area contributed by atoms with E-state index in [1.165, 1.54) is 5.69 Å². The predicted octanol–water partition coefficient (Wildman–Crippen LogP) is 4.00. The molecule has 8 nitrogen and oxygen atoms in total. The summed E-state index contributed by atoms with van der Waals surface area (Å²) in [6.45, 7) is 8.98. The topological polar surface area (TPSA) is 70.4 Å². The van der Waals surface area contributed by atoms with Crippen LogP contribution in [0.1, 0.15) is 24.2 Å². The van der Waals surface area contributed by atoms with Crippen molar-refractivity contribution in [3.05, 3.63) is 72.1 Å². The summed E-state index contributed by atoms with van der Waals surface area (Å²) in [5, 5.41) is 15.1. The van der Waals surface area contributed by atoms with E-state index in [9.17, 15) is 4.79 Å². The fourth-order valence-electron chi connectivity index (χ4n) is 5.77. The number of amides is 1. The van der Waals surface area contributed by atoms with Crippen molar-refractivity contribution in [3.8, 4) is 5.69 Å². The number of piperazine rings is 1. The predicted molar refractivity (Wildman–Crippen MR) is 146 cm³/mol. The van der Waals surface area contributed by atoms with Crippen molar-refractivity contribution in [1.82, 2.24) is 24.9 Å². The normalized spacial score (nSPS) is 17.0. The minimum Gasteiger partial charge on any atom is -0.368 e. The average Bonchev–Trinajstić information content (AvgIpc) is 3.32. The highest BCUT2D eigenvalue weighted by Crippen LogP contribution is 2.32. The van der Waals surface area contributed by atoms with Gasteiger partial charge in [0.2, 0.25) is 5.91 Å². The van der Waals surface area contributed by atoms with Crippen LogP contribution in [0.5, 0.6) is 0 Å². The van der Waals surface area contributed by atoms with Crippen molar-refractivity contribution < 1.29 is 4.79 Å². The highest BCUT2D eigenvalue weighted by molar-refractivity contribution is 5.92. The fourth-order valence-corrected chi connectivity index (χ4v) is 5.77. The van der Waals surface area contributed by atoms with Crippen molar-refractivity contribution in [1.29, 1.82) is 0 Å². The summed E-state index contributed by atoms with van der Waals surface area (Å²) in [5.41, 5.74) is 5.10. The first-order valence-electron chi connectivity index (χ1n) is 13.2. The number of nitrogens with zero attached hydrogens (tertiary/aromatic N) is 7. The van der Waals surface area contributed by atoms with Gasteiger partial charge in [-0.3, -0.25) is 4.79 Å². The molecule has 37 heavy (non-hydrogen) atoms. The molecule has 1 amide bonds. The van der Waals surface area contributed by atoms with Crippen LogP contribution in [0.25, 0.3) is 16.6 Å². The number of hydrogen-bond donors (Lipinski definition) is 0. The number of anilines is 2. The third-order valence-corrected chi connectivity index (χ3v) is 7.84. The van der Waals surface area contributed by atoms with Gasteiger partial charge < -0.3 is 14.7 Å². The van der Waals surface area contributed by atoms with Crippen LogP contribution in [0.3, 0.4) is 0 Å². The molecular formula is C29H33N7O. The molecule has 2 aromatic carbocycles. The number of aromatic nitrogens is 4. The lowest BCUT2D eigenvalue weighted by Crippen LogP contribution is -2.51. The zero-order valence-corrected chi connectivity index (χ0v) is 21.5. The number of hydrogen-bond acceptors (Lipinski definition) is 6. The number of piperidine rings is 1. The Balaban J connectivity index is 1.14. The maximum atomic E-state index is 13.3. The quantitative estimate of drug-likeness (QED) is 0.426. The molecule has 0 N–H and O–H groups in total. The van der Waals surface area contributed by atoms with Crippen molar-refractivity contribution >= 4 is 28.3 Å². The van der Waals surface area contributed by atoms with E-state index in [4.69, 9.17) is 5.10 Å². The summed E-state index contributed by atoms with van der Waals surface area (Å²) in [6, 6.07) is 20.6. The number of benzene rings is 2. The van der Waals surface area contributed by atoms with E-state index in [-0.39, 0.29) is 5.92 Å². The largest absolute Gasteiger partial charge is 0.368 e. The Kier molecular flexibility index (Phi) is 6.24. The second kappa shape index (κ2) is 9.84. The Morgan fingerprint density at radius 3 is 2.03 bits per heavy atom. The van der Waals surface area contributed by atoms with Crippen LogP contribution < -0.4 is 9.80 Å². The lowest BCUT2D eigenvalue weighted by Gasteiger charge is -2.39. The van der Waals surface area contributed by atoms with E-state index in [2.05, 4.69) is 68.2 Å². The van der Waals surface area contributed by atoms with Crippen LogP contribution >= 0.6 is 0 Å². The van der Waals surface area contributed by atoms with Crippen LogP contribution in [-0.2, 0) is 4.79 Å². The SMILES string of the molecule is Cc1nnc(N2CCC(C(=O)N3CCN(c4ccccc4)CC3)CC2)c2nn(-c3ccccc3)c(C)c12. The molecule has 4 heterocycles. The van der Waals surface area contributed by atoms with Gasteiger partial charge in [0.25, 0.3) is 0 Å². The summed E-state index contributed by atoms with van der Waals surface area (Å²) >= 11 is 0. The van der Waals surface area contributed by atoms with Crippen LogP contribution in [0, 0.1) is 19.8 Å². The van der Waals surface area contributed by atoms with Crippen LogP contribution in [-0.4, -0.2) is 70.1 Å². The number of para-hydroxylation sites is 2. The molecule has 0 unspecified atom stereocenters. The lowest BCUT2D eigenvalue weighted by atomic mass is 9.94. The van der Waals surface area contributed by atoms with Crippen molar-refractivity contribution in [2.45, 2.75) is 26.7 Å². The Labute approximate surface area is 217 Å². The molecule has 2 fully saturated rings. The van der Waals surface area contributed by atoms with E-state index < -0.39 is 0 Å². The minimum absolute atomic E-state index is 0.0667. The number of carbonyl (C=O) groups excluding carboxylic acids is 1. The van der Waals surface area contributed by atoms with E-state index in [1.54, 1.807) is 0 Å². The summed E-state index contributed by atoms with van der Waals surface area (Å²) in [7, 11) is 0. The second-order valence-electron chi connectivity index (χ2n) is 10.1. The van der Waals surface area contributed by atoms with Crippen molar-refractivity contribution in [3.63, 3.8) is 0 Å². The number of rotatable bonds is 4. The second-order valence-corrected chi connectivity index (χ2v) is 10.1. The highest BCUT2D eigenvalue weighted by atomic mass is 16.2. The zero-order valence-electron chi connectivity index (χ0n) is 21.5. The Bertz CT molecular complexity index is 1390. The summed E-state index contributed by atoms with van der Waals surface area (Å²) in [5.74, 6) is 1.19. The summed E-state index contributed by atoms with van der Waals surface area (Å²) in [4.78, 5) is 20.0. The van der Waals surface area contributed by atoms with Gasteiger partial charge in [-0.15, -0.1) is 5.10 Å². The maximum absolute atomic E-state index is 13.3. The zero-order chi connectivity index (χ0) is 25.4. The Hall–Kier alpha value is -3.94. The van der Waals surface area contributed by atoms with Gasteiger partial charge in [0.15, 0.2) is 5.82 Å². The van der Waals surface area contributed by atoms with Crippen molar-refractivity contribution in [2.75, 3.05) is 49.1 Å². The number of fused-ring (bicyclic) bond motifs is 1. The maximum Gasteiger partial charge on any atom is 0.225 e. The summed E-state index contributed by atoms with van der Waals surface area (Å²) in [6.07, 6.45) is 1.65. The van der Waals surface area contributed by atoms with E-state index in [1.807, 2.05) is 35.9 Å². The molecule has 2 aromatic heterocycles. The van der Waals surface area contributed by atoms with Gasteiger partial charge in [0.1, 0.15) is 5.52 Å². The molecule has 0 radical (unpaired) electrons. The third kappa shape index (κ3) is 4.41. The van der Waals surface area contributed by atoms with E-state index in [0.717, 1.165) is 85.9 Å². The van der Waals surface area contributed by atoms with Crippen LogP contribution in [0.4, 0.5) is 11.5 Å². The van der Waals surface area contributed by atoms with Gasteiger partial charge in [-0.1, -0.05) is 36.4 Å². The molecule has 4 aromatic rings. The molecule has 0 aliphatic carbocycles. The smallest absolute Gasteiger partial charge is 0.225 e. The molecule has 2 aliphatic rings. The van der Waals surface area contributed by atoms with E-state index >= 15 is 0 Å². The van der Waals surface area contributed by atoms with Gasteiger partial charge in [-0.05, 0) is 51.0 Å². The molecule has 0 atom stereocenters. The van der Waals surface area contributed by atoms with Gasteiger partial charge >= 0.3 is 0 Å². The molecule has 0 spiro atoms. The monoisotopic (exact) mass is 495 g/mol. The first-order valence-corrected chi connectivity index (χ1v) is 13.2. The average molecular weight is 496 g/mol. The standard InChI is InChI=1S/C29H33N7O/c1-21-26-22(2)36(25-11-7-4-8-12-25)32-27(26)28(31-30-21)34-15-13-23(14-16-34)29(37)35-19-17-33(18-20-35)24-9-5-3-6-10-24/h3-12,23H,13-20H2,1-2H3. The van der Waals surface area contributed by atoms with Crippen LogP contribution in [0.2, 0.25) is 0 Å². The summed E-state index contributed by atoms with van der Waals surface area (Å²) < 4.78 is 1.98. The molecule has 2 aliphatic heterocycles. The number of aryl methyl sites for hydroxylation is 2. The first-order chi connectivity index (χ1) is 18.1. The highest BCUT2D eigenvalue weighted by Gasteiger charge is 2.32. The fraction of sp³-hybridized carbons (Fsp3) is 0.379. The van der Waals surface area contributed by atoms with Crippen molar-refractivity contribution in [2.24, 2.45) is 5.92 Å². The molecule has 8 heteroatoms. The van der Waals surface area contributed by atoms with Gasteiger partial charge in [-0.2, -0.15) is 10.2 Å². The minimum atomic E-state index is 0.0667. The molecule has 0 saturated carbocycles. The Morgan fingerprint density at radius 2 is 1.38 bits per heavy atom. The van der Waals surface area contributed by atoms with Gasteiger partial charge in [0, 0.05) is 50.9 Å². The molecule has 6 rings (SSSR count). The lowest BCUT2D eigenvalue weighted by molar-refractivity contribution is -0.136. The third-order valence-electron chi connectivity index (χ3n) is 7.84. The first kappa shape index (κ1) is 23.5. The van der Waals surface area contributed by atoms with Gasteiger partial charge in [0.05, 0.1) is 22.5 Å². The molecule has 2 saturated heterocycles. The molecular weight excluding hydrogens is 462 g/mol. The molecule has 0 bridgehead atoms. The molecule has 190 valence electrons. The number of carbonyl (C=O) groups is 1. The van der Waals surface area contributed by atoms with Crippen LogP contribution in [0.15, 0.2) is 60.7 Å².